The second-order valence-corrected chi connectivity index (χ2v) is 6.42. The second-order valence-electron chi connectivity index (χ2n) is 6.42. The van der Waals surface area contributed by atoms with Crippen LogP contribution in [0.2, 0.25) is 0 Å². The van der Waals surface area contributed by atoms with Crippen molar-refractivity contribution < 1.29 is 14.3 Å². The van der Waals surface area contributed by atoms with Crippen molar-refractivity contribution in [2.24, 2.45) is 11.3 Å². The molecule has 0 aromatic carbocycles. The summed E-state index contributed by atoms with van der Waals surface area (Å²) in [5.74, 6) is 0.118. The molecule has 4 heteroatoms. The fourth-order valence-corrected chi connectivity index (χ4v) is 2.65. The van der Waals surface area contributed by atoms with Crippen LogP contribution in [0.1, 0.15) is 53.4 Å². The molecule has 1 aliphatic carbocycles. The van der Waals surface area contributed by atoms with Gasteiger partial charge in [0.25, 0.3) is 0 Å². The van der Waals surface area contributed by atoms with E-state index in [1.807, 2.05) is 39.6 Å². The van der Waals surface area contributed by atoms with Gasteiger partial charge in [0.15, 0.2) is 0 Å². The van der Waals surface area contributed by atoms with Gasteiger partial charge in [-0.2, -0.15) is 0 Å². The minimum atomic E-state index is -0.341. The standard InChI is InChI=1S/C15H27NO3/c1-6-19-13(17)11-7-9-12(10-8-11)16(5)14(18)15(2,3)4/h11-12H,6-10H2,1-5H3. The first kappa shape index (κ1) is 16.0. The van der Waals surface area contributed by atoms with Gasteiger partial charge in [0.2, 0.25) is 5.91 Å². The zero-order valence-electron chi connectivity index (χ0n) is 12.9. The highest BCUT2D eigenvalue weighted by Gasteiger charge is 2.33. The lowest BCUT2D eigenvalue weighted by Gasteiger charge is -2.37. The first-order chi connectivity index (χ1) is 8.77. The fourth-order valence-electron chi connectivity index (χ4n) is 2.65. The molecule has 0 aliphatic heterocycles. The van der Waals surface area contributed by atoms with Crippen LogP contribution in [0.15, 0.2) is 0 Å². The third kappa shape index (κ3) is 4.22. The van der Waals surface area contributed by atoms with Crippen LogP contribution in [0.25, 0.3) is 0 Å². The number of esters is 1. The molecule has 4 nitrogen and oxygen atoms in total. The first-order valence-corrected chi connectivity index (χ1v) is 7.21. The highest BCUT2D eigenvalue weighted by molar-refractivity contribution is 5.81. The van der Waals surface area contributed by atoms with Crippen molar-refractivity contribution in [1.29, 1.82) is 0 Å². The van der Waals surface area contributed by atoms with Gasteiger partial charge in [0.05, 0.1) is 12.5 Å². The first-order valence-electron chi connectivity index (χ1n) is 7.21. The Balaban J connectivity index is 2.50. The van der Waals surface area contributed by atoms with Crippen molar-refractivity contribution in [3.63, 3.8) is 0 Å². The van der Waals surface area contributed by atoms with E-state index in [0.717, 1.165) is 25.7 Å². The summed E-state index contributed by atoms with van der Waals surface area (Å²) in [4.78, 5) is 25.7. The highest BCUT2D eigenvalue weighted by atomic mass is 16.5. The predicted molar refractivity (Wildman–Crippen MR) is 74.6 cm³/mol. The van der Waals surface area contributed by atoms with Gasteiger partial charge in [0, 0.05) is 18.5 Å². The molecule has 1 rings (SSSR count). The van der Waals surface area contributed by atoms with Gasteiger partial charge < -0.3 is 9.64 Å². The van der Waals surface area contributed by atoms with E-state index < -0.39 is 0 Å². The maximum Gasteiger partial charge on any atom is 0.308 e. The largest absolute Gasteiger partial charge is 0.466 e. The van der Waals surface area contributed by atoms with Crippen molar-refractivity contribution in [2.75, 3.05) is 13.7 Å². The number of carbonyl (C=O) groups excluding carboxylic acids is 2. The van der Waals surface area contributed by atoms with E-state index in [4.69, 9.17) is 4.74 Å². The molecule has 0 aromatic rings. The van der Waals surface area contributed by atoms with Crippen LogP contribution in [-0.2, 0) is 14.3 Å². The van der Waals surface area contributed by atoms with Crippen LogP contribution < -0.4 is 0 Å². The Morgan fingerprint density at radius 3 is 2.11 bits per heavy atom. The maximum atomic E-state index is 12.2. The molecule has 1 saturated carbocycles. The number of nitrogens with zero attached hydrogens (tertiary/aromatic N) is 1. The average Bonchev–Trinajstić information content (AvgIpc) is 2.36. The Morgan fingerprint density at radius 1 is 1.16 bits per heavy atom. The molecular formula is C15H27NO3. The third-order valence-corrected chi connectivity index (χ3v) is 3.83. The zero-order chi connectivity index (χ0) is 14.6. The summed E-state index contributed by atoms with van der Waals surface area (Å²) in [7, 11) is 1.88. The lowest BCUT2D eigenvalue weighted by molar-refractivity contribution is -0.150. The zero-order valence-corrected chi connectivity index (χ0v) is 12.9. The molecule has 1 amide bonds. The maximum absolute atomic E-state index is 12.2. The van der Waals surface area contributed by atoms with Crippen molar-refractivity contribution in [3.8, 4) is 0 Å². The molecule has 0 bridgehead atoms. The van der Waals surface area contributed by atoms with Gasteiger partial charge in [-0.3, -0.25) is 9.59 Å². The Kier molecular flexibility index (Phi) is 5.39. The van der Waals surface area contributed by atoms with Crippen LogP contribution in [0.4, 0.5) is 0 Å². The van der Waals surface area contributed by atoms with E-state index in [1.165, 1.54) is 0 Å². The minimum absolute atomic E-state index is 0.0225. The molecule has 1 aliphatic rings. The van der Waals surface area contributed by atoms with E-state index in [1.54, 1.807) is 0 Å². The molecule has 0 aromatic heterocycles. The monoisotopic (exact) mass is 269 g/mol. The lowest BCUT2D eigenvalue weighted by atomic mass is 9.84. The third-order valence-electron chi connectivity index (χ3n) is 3.83. The molecule has 0 N–H and O–H groups in total. The summed E-state index contributed by atoms with van der Waals surface area (Å²) in [5.41, 5.74) is -0.341. The van der Waals surface area contributed by atoms with Crippen LogP contribution in [0.3, 0.4) is 0 Å². The van der Waals surface area contributed by atoms with Crippen LogP contribution in [0.5, 0.6) is 0 Å². The number of amides is 1. The Hall–Kier alpha value is -1.06. The smallest absolute Gasteiger partial charge is 0.308 e. The van der Waals surface area contributed by atoms with Crippen molar-refractivity contribution in [2.45, 2.75) is 59.4 Å². The van der Waals surface area contributed by atoms with E-state index in [-0.39, 0.29) is 29.3 Å². The van der Waals surface area contributed by atoms with Crippen molar-refractivity contribution >= 4 is 11.9 Å². The molecule has 0 saturated heterocycles. The summed E-state index contributed by atoms with van der Waals surface area (Å²) in [6, 6.07) is 0.261. The lowest BCUT2D eigenvalue weighted by Crippen LogP contribution is -2.45. The number of hydrogen-bond acceptors (Lipinski definition) is 3. The topological polar surface area (TPSA) is 46.6 Å². The molecule has 0 radical (unpaired) electrons. The average molecular weight is 269 g/mol. The van der Waals surface area contributed by atoms with Crippen molar-refractivity contribution in [1.82, 2.24) is 4.90 Å². The van der Waals surface area contributed by atoms with Crippen molar-refractivity contribution in [3.05, 3.63) is 0 Å². The van der Waals surface area contributed by atoms with E-state index in [2.05, 4.69) is 0 Å². The summed E-state index contributed by atoms with van der Waals surface area (Å²) < 4.78 is 5.06. The van der Waals surface area contributed by atoms with Gasteiger partial charge in [0.1, 0.15) is 0 Å². The van der Waals surface area contributed by atoms with Gasteiger partial charge in [-0.05, 0) is 32.6 Å². The van der Waals surface area contributed by atoms with Gasteiger partial charge in [-0.1, -0.05) is 20.8 Å². The molecule has 0 unspecified atom stereocenters. The van der Waals surface area contributed by atoms with Gasteiger partial charge in [-0.15, -0.1) is 0 Å². The minimum Gasteiger partial charge on any atom is -0.466 e. The predicted octanol–water partition coefficient (Wildman–Crippen LogP) is 2.61. The molecule has 0 spiro atoms. The number of rotatable bonds is 3. The quantitative estimate of drug-likeness (QED) is 0.740. The summed E-state index contributed by atoms with van der Waals surface area (Å²) in [5, 5.41) is 0. The van der Waals surface area contributed by atoms with Crippen LogP contribution >= 0.6 is 0 Å². The van der Waals surface area contributed by atoms with E-state index in [0.29, 0.717) is 6.61 Å². The van der Waals surface area contributed by atoms with Gasteiger partial charge in [-0.25, -0.2) is 0 Å². The SMILES string of the molecule is CCOC(=O)C1CCC(N(C)C(=O)C(C)(C)C)CC1. The summed E-state index contributed by atoms with van der Waals surface area (Å²) >= 11 is 0. The molecule has 1 fully saturated rings. The Labute approximate surface area is 116 Å². The summed E-state index contributed by atoms with van der Waals surface area (Å²) in [6.45, 7) is 8.10. The van der Waals surface area contributed by atoms with E-state index in [9.17, 15) is 9.59 Å². The Bertz CT molecular complexity index is 325. The number of carbonyl (C=O) groups is 2. The number of hydrogen-bond donors (Lipinski definition) is 0. The normalized spacial score (nSPS) is 23.8. The van der Waals surface area contributed by atoms with Crippen LogP contribution in [0, 0.1) is 11.3 Å². The van der Waals surface area contributed by atoms with Crippen LogP contribution in [-0.4, -0.2) is 36.5 Å². The fraction of sp³-hybridized carbons (Fsp3) is 0.867. The molecule has 110 valence electrons. The second kappa shape index (κ2) is 6.40. The molecular weight excluding hydrogens is 242 g/mol. The summed E-state index contributed by atoms with van der Waals surface area (Å²) in [6.07, 6.45) is 3.43. The highest BCUT2D eigenvalue weighted by Crippen LogP contribution is 2.30. The Morgan fingerprint density at radius 2 is 1.68 bits per heavy atom. The van der Waals surface area contributed by atoms with Gasteiger partial charge >= 0.3 is 5.97 Å². The molecule has 0 atom stereocenters. The molecule has 19 heavy (non-hydrogen) atoms. The molecule has 0 heterocycles. The number of ether oxygens (including phenoxy) is 1. The van der Waals surface area contributed by atoms with E-state index >= 15 is 0 Å².